The Morgan fingerprint density at radius 1 is 1.22 bits per heavy atom. The van der Waals surface area contributed by atoms with Crippen LogP contribution in [-0.2, 0) is 0 Å². The monoisotopic (exact) mass is 122 g/mol. The number of rotatable bonds is 0. The van der Waals surface area contributed by atoms with Gasteiger partial charge in [0.1, 0.15) is 0 Å². The van der Waals surface area contributed by atoms with Crippen LogP contribution in [0.2, 0.25) is 0 Å². The summed E-state index contributed by atoms with van der Waals surface area (Å²) in [5, 5.41) is 3.22. The van der Waals surface area contributed by atoms with Gasteiger partial charge in [0.05, 0.1) is 0 Å². The predicted molar refractivity (Wildman–Crippen MR) is 41.4 cm³/mol. The van der Waals surface area contributed by atoms with Crippen molar-refractivity contribution in [2.45, 2.75) is 25.7 Å². The minimum atomic E-state index is 1.14. The fraction of sp³-hybridized carbons (Fsp3) is 0.714. The zero-order valence-corrected chi connectivity index (χ0v) is 5.77. The van der Waals surface area contributed by atoms with Gasteiger partial charge in [0, 0.05) is 0 Å². The first-order chi connectivity index (χ1) is 4.50. The average molecular weight is 122 g/mol. The van der Waals surface area contributed by atoms with Crippen LogP contribution in [0.1, 0.15) is 25.7 Å². The van der Waals surface area contributed by atoms with Crippen LogP contribution < -0.4 is 5.23 Å². The largest absolute Gasteiger partial charge is 0.357 e. The number of allylic oxidation sites excluding steroid dienone is 1. The van der Waals surface area contributed by atoms with Gasteiger partial charge in [-0.05, 0) is 25.8 Å². The summed E-state index contributed by atoms with van der Waals surface area (Å²) in [6.45, 7) is 1.14. The molecule has 0 unspecified atom stereocenters. The van der Waals surface area contributed by atoms with E-state index >= 15 is 0 Å². The highest BCUT2D eigenvalue weighted by Crippen LogP contribution is 2.00. The van der Waals surface area contributed by atoms with E-state index < -0.39 is 0 Å². The topological polar surface area (TPSA) is 12.0 Å². The van der Waals surface area contributed by atoms with Gasteiger partial charge in [-0.25, -0.2) is 0 Å². The van der Waals surface area contributed by atoms with Crippen molar-refractivity contribution < 1.29 is 0 Å². The summed E-state index contributed by atoms with van der Waals surface area (Å²) in [5.74, 6) is 2.10. The van der Waals surface area contributed by atoms with Crippen molar-refractivity contribution in [2.75, 3.05) is 6.54 Å². The molecule has 1 nitrogen and oxygen atoms in total. The Kier molecular flexibility index (Phi) is 3.54. The number of nitrogens with one attached hydrogen (secondary N) is 1. The molecule has 0 fully saturated rings. The molecule has 0 spiro atoms. The summed E-state index contributed by atoms with van der Waals surface area (Å²) in [4.78, 5) is 0. The van der Waals surface area contributed by atoms with Crippen LogP contribution in [0, 0.1) is 0 Å². The first-order valence-corrected chi connectivity index (χ1v) is 3.72. The lowest BCUT2D eigenvalue weighted by Gasteiger charge is -1.96. The van der Waals surface area contributed by atoms with E-state index in [2.05, 4.69) is 17.3 Å². The summed E-state index contributed by atoms with van der Waals surface area (Å²) >= 11 is 0. The molecule has 0 amide bonds. The average Bonchev–Trinajstić information content (AvgIpc) is 2.00. The van der Waals surface area contributed by atoms with Crippen LogP contribution in [0.15, 0.2) is 12.1 Å². The second kappa shape index (κ2) is 4.63. The van der Waals surface area contributed by atoms with Gasteiger partial charge < -0.3 is 5.23 Å². The first-order valence-electron chi connectivity index (χ1n) is 3.72. The summed E-state index contributed by atoms with van der Waals surface area (Å²) in [6, 6.07) is 0. The molecular formula is C7H13BN. The fourth-order valence-corrected chi connectivity index (χ4v) is 0.982. The molecule has 0 bridgehead atoms. The lowest BCUT2D eigenvalue weighted by molar-refractivity contribution is 0.681. The van der Waals surface area contributed by atoms with Gasteiger partial charge in [0.25, 0.3) is 0 Å². The first kappa shape index (κ1) is 6.88. The lowest BCUT2D eigenvalue weighted by Crippen LogP contribution is -2.17. The zero-order chi connectivity index (χ0) is 6.36. The normalized spacial score (nSPS) is 24.9. The van der Waals surface area contributed by atoms with Crippen molar-refractivity contribution in [1.82, 2.24) is 5.23 Å². The van der Waals surface area contributed by atoms with Crippen molar-refractivity contribution in [3.05, 3.63) is 12.1 Å². The Bertz CT molecular complexity index is 80.9. The quantitative estimate of drug-likeness (QED) is 0.477. The third-order valence-corrected chi connectivity index (χ3v) is 1.54. The van der Waals surface area contributed by atoms with E-state index in [9.17, 15) is 0 Å². The molecule has 0 aliphatic carbocycles. The van der Waals surface area contributed by atoms with Crippen LogP contribution >= 0.6 is 0 Å². The van der Waals surface area contributed by atoms with E-state index in [4.69, 9.17) is 0 Å². The molecular weight excluding hydrogens is 109 g/mol. The molecule has 1 aliphatic heterocycles. The highest BCUT2D eigenvalue weighted by molar-refractivity contribution is 6.38. The Morgan fingerprint density at radius 2 is 2.22 bits per heavy atom. The van der Waals surface area contributed by atoms with Crippen LogP contribution in [0.3, 0.4) is 0 Å². The molecule has 49 valence electrons. The van der Waals surface area contributed by atoms with Crippen molar-refractivity contribution >= 4 is 7.41 Å². The molecule has 0 saturated carbocycles. The van der Waals surface area contributed by atoms with E-state index in [-0.39, 0.29) is 0 Å². The van der Waals surface area contributed by atoms with Crippen molar-refractivity contribution in [3.8, 4) is 0 Å². The molecule has 1 radical (unpaired) electrons. The molecule has 0 saturated heterocycles. The number of hydrogen-bond donors (Lipinski definition) is 1. The molecule has 0 aromatic rings. The minimum Gasteiger partial charge on any atom is -0.357 e. The molecule has 9 heavy (non-hydrogen) atoms. The molecule has 1 heterocycles. The summed E-state index contributed by atoms with van der Waals surface area (Å²) in [6.07, 6.45) is 7.51. The van der Waals surface area contributed by atoms with Crippen molar-refractivity contribution in [1.29, 1.82) is 0 Å². The van der Waals surface area contributed by atoms with E-state index in [1.54, 1.807) is 0 Å². The Balaban J connectivity index is 2.15. The van der Waals surface area contributed by atoms with Crippen LogP contribution in [0.4, 0.5) is 0 Å². The van der Waals surface area contributed by atoms with Crippen molar-refractivity contribution in [3.63, 3.8) is 0 Å². The van der Waals surface area contributed by atoms with Gasteiger partial charge in [-0.15, -0.1) is 5.98 Å². The molecule has 2 heteroatoms. The van der Waals surface area contributed by atoms with Gasteiger partial charge in [0.2, 0.25) is 7.41 Å². The molecule has 0 aromatic carbocycles. The smallest absolute Gasteiger partial charge is 0.236 e. The van der Waals surface area contributed by atoms with Crippen LogP contribution in [-0.4, -0.2) is 14.0 Å². The van der Waals surface area contributed by atoms with Gasteiger partial charge >= 0.3 is 0 Å². The lowest BCUT2D eigenvalue weighted by atomic mass is 9.94. The van der Waals surface area contributed by atoms with Gasteiger partial charge in [-0.2, -0.15) is 0 Å². The van der Waals surface area contributed by atoms with E-state index in [0.717, 1.165) is 6.54 Å². The second-order valence-corrected chi connectivity index (χ2v) is 2.40. The van der Waals surface area contributed by atoms with Crippen LogP contribution in [0.25, 0.3) is 0 Å². The molecule has 1 aliphatic rings. The molecule has 0 aromatic heterocycles. The summed E-state index contributed by atoms with van der Waals surface area (Å²) < 4.78 is 0. The van der Waals surface area contributed by atoms with Gasteiger partial charge in [-0.1, -0.05) is 12.5 Å². The van der Waals surface area contributed by atoms with Gasteiger partial charge in [-0.3, -0.25) is 0 Å². The van der Waals surface area contributed by atoms with E-state index in [1.165, 1.54) is 25.7 Å². The maximum Gasteiger partial charge on any atom is 0.236 e. The molecule has 0 atom stereocenters. The maximum absolute atomic E-state index is 3.22. The van der Waals surface area contributed by atoms with E-state index in [0.29, 0.717) is 0 Å². The highest BCUT2D eigenvalue weighted by Gasteiger charge is 1.90. The maximum atomic E-state index is 3.22. The zero-order valence-electron chi connectivity index (χ0n) is 5.77. The third kappa shape index (κ3) is 3.36. The van der Waals surface area contributed by atoms with Gasteiger partial charge in [0.15, 0.2) is 0 Å². The second-order valence-electron chi connectivity index (χ2n) is 2.40. The molecule has 1 rings (SSSR count). The standard InChI is InChI=1S/C7H13BN/c1-2-4-6-8-9-7-5-3-1/h4,6,9H,1-3,5,7H2/b6-4-. The SMILES string of the molecule is [B]1/C=C\CCCCCN1. The Morgan fingerprint density at radius 3 is 3.22 bits per heavy atom. The Hall–Kier alpha value is -0.235. The predicted octanol–water partition coefficient (Wildman–Crippen LogP) is 1.28. The Labute approximate surface area is 57.8 Å². The van der Waals surface area contributed by atoms with Crippen molar-refractivity contribution in [2.24, 2.45) is 0 Å². The number of hydrogen-bond acceptors (Lipinski definition) is 1. The van der Waals surface area contributed by atoms with Crippen LogP contribution in [0.5, 0.6) is 0 Å². The highest BCUT2D eigenvalue weighted by atomic mass is 14.7. The summed E-state index contributed by atoms with van der Waals surface area (Å²) in [5.41, 5.74) is 0. The molecule has 1 N–H and O–H groups in total. The third-order valence-electron chi connectivity index (χ3n) is 1.54. The van der Waals surface area contributed by atoms with E-state index in [1.807, 2.05) is 7.41 Å². The fourth-order valence-electron chi connectivity index (χ4n) is 0.982. The minimum absolute atomic E-state index is 1.14. The summed E-state index contributed by atoms with van der Waals surface area (Å²) in [7, 11) is 2.03.